The van der Waals surface area contributed by atoms with Gasteiger partial charge in [0, 0.05) is 24.7 Å². The average molecular weight is 325 g/mol. The summed E-state index contributed by atoms with van der Waals surface area (Å²) < 4.78 is 5.48. The van der Waals surface area contributed by atoms with Crippen molar-refractivity contribution in [3.8, 4) is 11.3 Å². The third-order valence-corrected chi connectivity index (χ3v) is 4.49. The van der Waals surface area contributed by atoms with Crippen molar-refractivity contribution in [2.45, 2.75) is 31.7 Å². The van der Waals surface area contributed by atoms with Gasteiger partial charge in [-0.25, -0.2) is 4.98 Å². The summed E-state index contributed by atoms with van der Waals surface area (Å²) >= 11 is 0. The van der Waals surface area contributed by atoms with E-state index in [0.717, 1.165) is 38.8 Å². The summed E-state index contributed by atoms with van der Waals surface area (Å²) in [6, 6.07) is 7.48. The Hall–Kier alpha value is -2.63. The lowest BCUT2D eigenvalue weighted by Crippen LogP contribution is -2.28. The molecule has 1 aliphatic carbocycles. The maximum atomic E-state index is 12.8. The van der Waals surface area contributed by atoms with Gasteiger partial charge in [-0.05, 0) is 31.7 Å². The zero-order chi connectivity index (χ0) is 16.5. The Morgan fingerprint density at radius 3 is 2.67 bits per heavy atom. The van der Waals surface area contributed by atoms with Crippen molar-refractivity contribution in [3.63, 3.8) is 0 Å². The minimum Gasteiger partial charge on any atom is -0.443 e. The van der Waals surface area contributed by atoms with Gasteiger partial charge >= 0.3 is 0 Å². The normalized spacial score (nSPS) is 17.1. The summed E-state index contributed by atoms with van der Waals surface area (Å²) in [5.74, 6) is 0.0917. The largest absolute Gasteiger partial charge is 0.443 e. The molecule has 1 saturated carbocycles. The first-order valence-electron chi connectivity index (χ1n) is 8.37. The Morgan fingerprint density at radius 1 is 1.17 bits per heavy atom. The highest BCUT2D eigenvalue weighted by molar-refractivity contribution is 6.04. The molecule has 0 radical (unpaired) electrons. The van der Waals surface area contributed by atoms with Crippen LogP contribution in [0.4, 0.5) is 0 Å². The van der Waals surface area contributed by atoms with Crippen LogP contribution < -0.4 is 5.32 Å². The molecular weight excluding hydrogens is 306 g/mol. The van der Waals surface area contributed by atoms with E-state index < -0.39 is 0 Å². The number of hydrogen-bond acceptors (Lipinski definition) is 4. The first kappa shape index (κ1) is 14.9. The topological polar surface area (TPSA) is 75.4 Å². The zero-order valence-electron chi connectivity index (χ0n) is 13.3. The number of carbonyl (C=O) groups is 2. The number of carbonyl (C=O) groups excluding carboxylic acids is 2. The first-order valence-corrected chi connectivity index (χ1v) is 8.37. The fourth-order valence-electron chi connectivity index (χ4n) is 3.04. The molecule has 6 nitrogen and oxygen atoms in total. The van der Waals surface area contributed by atoms with Crippen LogP contribution in [0.2, 0.25) is 0 Å². The number of nitrogens with one attached hydrogen (secondary N) is 1. The van der Waals surface area contributed by atoms with Gasteiger partial charge in [-0.1, -0.05) is 18.2 Å². The molecule has 1 aromatic carbocycles. The molecule has 4 rings (SSSR count). The molecule has 0 atom stereocenters. The molecule has 1 N–H and O–H groups in total. The second-order valence-corrected chi connectivity index (χ2v) is 6.32. The molecule has 124 valence electrons. The number of rotatable bonds is 4. The highest BCUT2D eigenvalue weighted by atomic mass is 16.3. The van der Waals surface area contributed by atoms with E-state index in [1.165, 1.54) is 6.39 Å². The third-order valence-electron chi connectivity index (χ3n) is 4.49. The second-order valence-electron chi connectivity index (χ2n) is 6.32. The molecule has 24 heavy (non-hydrogen) atoms. The van der Waals surface area contributed by atoms with E-state index in [1.807, 2.05) is 17.0 Å². The van der Waals surface area contributed by atoms with Crippen LogP contribution in [0.15, 0.2) is 35.1 Å². The minimum atomic E-state index is -0.246. The van der Waals surface area contributed by atoms with Crippen molar-refractivity contribution in [3.05, 3.63) is 41.9 Å². The molecule has 1 aliphatic heterocycles. The molecule has 0 bridgehead atoms. The number of aromatic nitrogens is 1. The van der Waals surface area contributed by atoms with Crippen molar-refractivity contribution >= 4 is 11.8 Å². The fraction of sp³-hybridized carbons (Fsp3) is 0.389. The molecule has 0 spiro atoms. The standard InChI is InChI=1S/C18H19N3O3/c22-17(20-12-7-8-12)15-16(24-11-19-15)13-5-1-2-6-14(13)18(23)21-9-3-4-10-21/h1-2,5-6,11-12H,3-4,7-10H2,(H,20,22). The SMILES string of the molecule is O=C(NC1CC1)c1ncoc1-c1ccccc1C(=O)N1CCCC1. The lowest BCUT2D eigenvalue weighted by atomic mass is 10.0. The maximum Gasteiger partial charge on any atom is 0.274 e. The molecule has 2 aromatic rings. The van der Waals surface area contributed by atoms with Crippen molar-refractivity contribution in [1.29, 1.82) is 0 Å². The van der Waals surface area contributed by atoms with E-state index in [9.17, 15) is 9.59 Å². The van der Waals surface area contributed by atoms with E-state index >= 15 is 0 Å². The fourth-order valence-corrected chi connectivity index (χ4v) is 3.04. The van der Waals surface area contributed by atoms with Crippen molar-refractivity contribution in [2.75, 3.05) is 13.1 Å². The van der Waals surface area contributed by atoms with Crippen LogP contribution in [-0.4, -0.2) is 40.8 Å². The number of nitrogens with zero attached hydrogens (tertiary/aromatic N) is 2. The molecular formula is C18H19N3O3. The number of amides is 2. The van der Waals surface area contributed by atoms with Gasteiger partial charge in [0.1, 0.15) is 0 Å². The van der Waals surface area contributed by atoms with Crippen LogP contribution in [0.1, 0.15) is 46.5 Å². The summed E-state index contributed by atoms with van der Waals surface area (Å²) in [5, 5.41) is 2.91. The van der Waals surface area contributed by atoms with Gasteiger partial charge in [0.25, 0.3) is 11.8 Å². The Labute approximate surface area is 139 Å². The monoisotopic (exact) mass is 325 g/mol. The van der Waals surface area contributed by atoms with Crippen LogP contribution in [-0.2, 0) is 0 Å². The molecule has 2 aliphatic rings. The highest BCUT2D eigenvalue weighted by Gasteiger charge is 2.29. The summed E-state index contributed by atoms with van der Waals surface area (Å²) in [4.78, 5) is 31.1. The predicted molar refractivity (Wildman–Crippen MR) is 87.6 cm³/mol. The molecule has 1 saturated heterocycles. The molecule has 0 unspecified atom stereocenters. The van der Waals surface area contributed by atoms with E-state index in [4.69, 9.17) is 4.42 Å². The van der Waals surface area contributed by atoms with Gasteiger partial charge in [0.15, 0.2) is 17.8 Å². The van der Waals surface area contributed by atoms with Crippen LogP contribution in [0, 0.1) is 0 Å². The molecule has 2 fully saturated rings. The van der Waals surface area contributed by atoms with Gasteiger partial charge < -0.3 is 14.6 Å². The Balaban J connectivity index is 1.68. The third kappa shape index (κ3) is 2.79. The Kier molecular flexibility index (Phi) is 3.80. The van der Waals surface area contributed by atoms with Gasteiger partial charge in [-0.15, -0.1) is 0 Å². The number of oxazole rings is 1. The number of likely N-dealkylation sites (tertiary alicyclic amines) is 1. The van der Waals surface area contributed by atoms with E-state index in [0.29, 0.717) is 16.9 Å². The molecule has 2 heterocycles. The predicted octanol–water partition coefficient (Wildman–Crippen LogP) is 2.47. The van der Waals surface area contributed by atoms with Crippen molar-refractivity contribution in [1.82, 2.24) is 15.2 Å². The lowest BCUT2D eigenvalue weighted by molar-refractivity contribution is 0.0792. The highest BCUT2D eigenvalue weighted by Crippen LogP contribution is 2.29. The molecule has 1 aromatic heterocycles. The molecule has 6 heteroatoms. The number of benzene rings is 1. The first-order chi connectivity index (χ1) is 11.7. The molecule has 2 amide bonds. The smallest absolute Gasteiger partial charge is 0.274 e. The summed E-state index contributed by atoms with van der Waals surface area (Å²) in [6.45, 7) is 1.55. The summed E-state index contributed by atoms with van der Waals surface area (Å²) in [6.07, 6.45) is 5.33. The Morgan fingerprint density at radius 2 is 1.92 bits per heavy atom. The lowest BCUT2D eigenvalue weighted by Gasteiger charge is -2.17. The van der Waals surface area contributed by atoms with Crippen LogP contribution in [0.25, 0.3) is 11.3 Å². The van der Waals surface area contributed by atoms with Crippen LogP contribution in [0.3, 0.4) is 0 Å². The van der Waals surface area contributed by atoms with Crippen molar-refractivity contribution in [2.24, 2.45) is 0 Å². The quantitative estimate of drug-likeness (QED) is 0.937. The zero-order valence-corrected chi connectivity index (χ0v) is 13.3. The maximum absolute atomic E-state index is 12.8. The van der Waals surface area contributed by atoms with Crippen LogP contribution in [0.5, 0.6) is 0 Å². The van der Waals surface area contributed by atoms with Crippen molar-refractivity contribution < 1.29 is 14.0 Å². The summed E-state index contributed by atoms with van der Waals surface area (Å²) in [7, 11) is 0. The van der Waals surface area contributed by atoms with E-state index in [1.54, 1.807) is 12.1 Å². The Bertz CT molecular complexity index is 773. The van der Waals surface area contributed by atoms with Gasteiger partial charge in [-0.2, -0.15) is 0 Å². The van der Waals surface area contributed by atoms with Gasteiger partial charge in [0.2, 0.25) is 0 Å². The second kappa shape index (κ2) is 6.11. The van der Waals surface area contributed by atoms with E-state index in [2.05, 4.69) is 10.3 Å². The van der Waals surface area contributed by atoms with Gasteiger partial charge in [0.05, 0.1) is 5.56 Å². The van der Waals surface area contributed by atoms with Gasteiger partial charge in [-0.3, -0.25) is 9.59 Å². The average Bonchev–Trinajstić information content (AvgIpc) is 3.09. The summed E-state index contributed by atoms with van der Waals surface area (Å²) in [5.41, 5.74) is 1.41. The van der Waals surface area contributed by atoms with Crippen LogP contribution >= 0.6 is 0 Å². The van der Waals surface area contributed by atoms with E-state index in [-0.39, 0.29) is 23.6 Å². The minimum absolute atomic E-state index is 0.0203. The number of hydrogen-bond donors (Lipinski definition) is 1.